The van der Waals surface area contributed by atoms with Gasteiger partial charge in [-0.3, -0.25) is 9.59 Å². The van der Waals surface area contributed by atoms with Gasteiger partial charge in [0.1, 0.15) is 0 Å². The molecule has 1 aliphatic rings. The van der Waals surface area contributed by atoms with Crippen LogP contribution in [-0.4, -0.2) is 24.4 Å². The number of carbonyl (C=O) groups is 2. The summed E-state index contributed by atoms with van der Waals surface area (Å²) in [5.74, 6) is 0.795. The van der Waals surface area contributed by atoms with Crippen LogP contribution in [0.4, 0.5) is 5.69 Å². The summed E-state index contributed by atoms with van der Waals surface area (Å²) in [7, 11) is 0. The van der Waals surface area contributed by atoms with Crippen LogP contribution in [0.5, 0.6) is 0 Å². The molecule has 1 fully saturated rings. The molecule has 2 amide bonds. The Kier molecular flexibility index (Phi) is 5.22. The molecule has 0 radical (unpaired) electrons. The number of amides is 2. The third kappa shape index (κ3) is 3.87. The summed E-state index contributed by atoms with van der Waals surface area (Å²) in [6.07, 6.45) is 1.31. The fraction of sp³-hybridized carbons (Fsp3) is 0.556. The summed E-state index contributed by atoms with van der Waals surface area (Å²) in [5.41, 5.74) is 2.03. The van der Waals surface area contributed by atoms with Crippen molar-refractivity contribution >= 4 is 17.5 Å². The number of benzene rings is 1. The fourth-order valence-corrected chi connectivity index (χ4v) is 2.77. The van der Waals surface area contributed by atoms with Crippen molar-refractivity contribution in [3.8, 4) is 0 Å². The molecule has 0 unspecified atom stereocenters. The van der Waals surface area contributed by atoms with Crippen molar-refractivity contribution in [3.63, 3.8) is 0 Å². The van der Waals surface area contributed by atoms with Gasteiger partial charge in [-0.1, -0.05) is 25.1 Å². The summed E-state index contributed by atoms with van der Waals surface area (Å²) in [5, 5.41) is 2.88. The van der Waals surface area contributed by atoms with Crippen molar-refractivity contribution < 1.29 is 9.59 Å². The largest absolute Gasteiger partial charge is 0.355 e. The number of aryl methyl sites for hydroxylation is 1. The molecule has 1 aromatic carbocycles. The van der Waals surface area contributed by atoms with Crippen molar-refractivity contribution in [1.82, 2.24) is 5.32 Å². The number of hydrogen-bond donors (Lipinski definition) is 1. The predicted molar refractivity (Wildman–Crippen MR) is 88.7 cm³/mol. The molecular weight excluding hydrogens is 276 g/mol. The topological polar surface area (TPSA) is 49.4 Å². The average Bonchev–Trinajstić information content (AvgIpc) is 3.18. The molecule has 0 heterocycles. The molecule has 0 saturated heterocycles. The highest BCUT2D eigenvalue weighted by atomic mass is 16.2. The molecule has 22 heavy (non-hydrogen) atoms. The summed E-state index contributed by atoms with van der Waals surface area (Å²) in [6.45, 7) is 8.52. The smallest absolute Gasteiger partial charge is 0.229 e. The van der Waals surface area contributed by atoms with E-state index in [1.165, 1.54) is 0 Å². The van der Waals surface area contributed by atoms with Gasteiger partial charge in [0.25, 0.3) is 0 Å². The molecule has 0 spiro atoms. The van der Waals surface area contributed by atoms with E-state index in [2.05, 4.69) is 12.2 Å². The Labute approximate surface area is 132 Å². The Bertz CT molecular complexity index is 554. The van der Waals surface area contributed by atoms with Crippen LogP contribution >= 0.6 is 0 Å². The Morgan fingerprint density at radius 2 is 1.95 bits per heavy atom. The van der Waals surface area contributed by atoms with E-state index in [4.69, 9.17) is 0 Å². The van der Waals surface area contributed by atoms with E-state index in [1.54, 1.807) is 0 Å². The quantitative estimate of drug-likeness (QED) is 0.878. The lowest BCUT2D eigenvalue weighted by Gasteiger charge is -2.28. The first kappa shape index (κ1) is 16.5. The first-order valence-electron chi connectivity index (χ1n) is 8.07. The van der Waals surface area contributed by atoms with Crippen LogP contribution in [0.2, 0.25) is 0 Å². The summed E-state index contributed by atoms with van der Waals surface area (Å²) in [4.78, 5) is 26.2. The molecule has 1 saturated carbocycles. The van der Waals surface area contributed by atoms with E-state index >= 15 is 0 Å². The highest BCUT2D eigenvalue weighted by molar-refractivity contribution is 5.95. The van der Waals surface area contributed by atoms with Crippen molar-refractivity contribution in [2.75, 3.05) is 11.4 Å². The average molecular weight is 302 g/mol. The number of nitrogens with one attached hydrogen (secondary N) is 1. The lowest BCUT2D eigenvalue weighted by Crippen LogP contribution is -2.39. The van der Waals surface area contributed by atoms with Crippen LogP contribution in [0.25, 0.3) is 0 Å². The Morgan fingerprint density at radius 1 is 1.32 bits per heavy atom. The van der Waals surface area contributed by atoms with Gasteiger partial charge >= 0.3 is 0 Å². The minimum absolute atomic E-state index is 0.0495. The highest BCUT2D eigenvalue weighted by Crippen LogP contribution is 2.37. The summed E-state index contributed by atoms with van der Waals surface area (Å²) in [6, 6.07) is 7.99. The number of rotatable bonds is 6. The predicted octanol–water partition coefficient (Wildman–Crippen LogP) is 2.90. The normalized spacial score (nSPS) is 19.9. The molecule has 1 aromatic rings. The van der Waals surface area contributed by atoms with Gasteiger partial charge < -0.3 is 10.2 Å². The zero-order valence-electron chi connectivity index (χ0n) is 13.9. The van der Waals surface area contributed by atoms with Gasteiger partial charge in [0.05, 0.1) is 0 Å². The van der Waals surface area contributed by atoms with Gasteiger partial charge in [0.15, 0.2) is 0 Å². The summed E-state index contributed by atoms with van der Waals surface area (Å²) < 4.78 is 0. The maximum atomic E-state index is 12.5. The number of hydrogen-bond acceptors (Lipinski definition) is 2. The van der Waals surface area contributed by atoms with Crippen LogP contribution in [0.1, 0.15) is 39.2 Å². The lowest BCUT2D eigenvalue weighted by molar-refractivity contribution is -0.122. The van der Waals surface area contributed by atoms with E-state index in [9.17, 15) is 9.59 Å². The standard InChI is InChI=1S/C18H26N2O2/c1-12(2)20(16-8-6-5-7-13(16)3)17(21)9-10-19-18(22)15-11-14(15)4/h5-8,12,14-15H,9-11H2,1-4H3,(H,19,22)/t14-,15+/m0/s1. The lowest BCUT2D eigenvalue weighted by atomic mass is 10.1. The molecule has 2 rings (SSSR count). The van der Waals surface area contributed by atoms with Gasteiger partial charge in [-0.15, -0.1) is 0 Å². The minimum atomic E-state index is 0.0495. The molecule has 1 N–H and O–H groups in total. The molecule has 0 aromatic heterocycles. The molecular formula is C18H26N2O2. The number of nitrogens with zero attached hydrogens (tertiary/aromatic N) is 1. The minimum Gasteiger partial charge on any atom is -0.355 e. The molecule has 4 heteroatoms. The van der Waals surface area contributed by atoms with Crippen molar-refractivity contribution in [3.05, 3.63) is 29.8 Å². The van der Waals surface area contributed by atoms with Gasteiger partial charge in [-0.05, 0) is 44.7 Å². The monoisotopic (exact) mass is 302 g/mol. The summed E-state index contributed by atoms with van der Waals surface area (Å²) >= 11 is 0. The van der Waals surface area contributed by atoms with E-state index in [1.807, 2.05) is 49.9 Å². The number of para-hydroxylation sites is 1. The SMILES string of the molecule is Cc1ccccc1N(C(=O)CCNC(=O)[C@@H]1C[C@@H]1C)C(C)C. The van der Waals surface area contributed by atoms with Crippen LogP contribution in [0.15, 0.2) is 24.3 Å². The first-order chi connectivity index (χ1) is 10.4. The Balaban J connectivity index is 1.93. The van der Waals surface area contributed by atoms with Crippen molar-refractivity contribution in [1.29, 1.82) is 0 Å². The molecule has 0 bridgehead atoms. The van der Waals surface area contributed by atoms with Crippen LogP contribution in [-0.2, 0) is 9.59 Å². The first-order valence-corrected chi connectivity index (χ1v) is 8.07. The second kappa shape index (κ2) is 6.95. The second-order valence-corrected chi connectivity index (χ2v) is 6.50. The second-order valence-electron chi connectivity index (χ2n) is 6.50. The Hall–Kier alpha value is -1.84. The third-order valence-corrected chi connectivity index (χ3v) is 4.24. The van der Waals surface area contributed by atoms with Gasteiger partial charge in [0.2, 0.25) is 11.8 Å². The van der Waals surface area contributed by atoms with Gasteiger partial charge in [0, 0.05) is 30.6 Å². The fourth-order valence-electron chi connectivity index (χ4n) is 2.77. The number of carbonyl (C=O) groups excluding carboxylic acids is 2. The number of anilines is 1. The zero-order chi connectivity index (χ0) is 16.3. The van der Waals surface area contributed by atoms with E-state index in [-0.39, 0.29) is 23.8 Å². The molecule has 4 nitrogen and oxygen atoms in total. The van der Waals surface area contributed by atoms with E-state index < -0.39 is 0 Å². The van der Waals surface area contributed by atoms with Gasteiger partial charge in [-0.2, -0.15) is 0 Å². The zero-order valence-corrected chi connectivity index (χ0v) is 13.9. The van der Waals surface area contributed by atoms with Crippen LogP contribution in [0.3, 0.4) is 0 Å². The Morgan fingerprint density at radius 3 is 2.50 bits per heavy atom. The van der Waals surface area contributed by atoms with Crippen LogP contribution < -0.4 is 10.2 Å². The van der Waals surface area contributed by atoms with E-state index in [0.29, 0.717) is 18.9 Å². The third-order valence-electron chi connectivity index (χ3n) is 4.24. The molecule has 1 aliphatic carbocycles. The van der Waals surface area contributed by atoms with Crippen LogP contribution in [0, 0.1) is 18.8 Å². The molecule has 0 aliphatic heterocycles. The van der Waals surface area contributed by atoms with E-state index in [0.717, 1.165) is 17.7 Å². The highest BCUT2D eigenvalue weighted by Gasteiger charge is 2.38. The van der Waals surface area contributed by atoms with Gasteiger partial charge in [-0.25, -0.2) is 0 Å². The maximum Gasteiger partial charge on any atom is 0.229 e. The molecule has 2 atom stereocenters. The van der Waals surface area contributed by atoms with Crippen molar-refractivity contribution in [2.24, 2.45) is 11.8 Å². The molecule has 120 valence electrons. The maximum absolute atomic E-state index is 12.5. The van der Waals surface area contributed by atoms with Crippen molar-refractivity contribution in [2.45, 2.75) is 46.6 Å².